The van der Waals surface area contributed by atoms with E-state index in [4.69, 9.17) is 10.3 Å². The molecule has 2 aromatic rings. The first-order valence-electron chi connectivity index (χ1n) is 5.62. The van der Waals surface area contributed by atoms with E-state index in [-0.39, 0.29) is 0 Å². The summed E-state index contributed by atoms with van der Waals surface area (Å²) in [5, 5.41) is 4.47. The van der Waals surface area contributed by atoms with Crippen molar-refractivity contribution in [1.29, 1.82) is 0 Å². The first kappa shape index (κ1) is 12.2. The maximum atomic E-state index is 5.49. The van der Waals surface area contributed by atoms with Crippen molar-refractivity contribution in [1.82, 2.24) is 5.16 Å². The molecule has 0 bridgehead atoms. The molecule has 90 valence electrons. The molecule has 1 aromatic carbocycles. The number of nitrogens with two attached hydrogens (primary N) is 1. The van der Waals surface area contributed by atoms with Gasteiger partial charge in [-0.1, -0.05) is 31.1 Å². The fourth-order valence-corrected chi connectivity index (χ4v) is 2.35. The van der Waals surface area contributed by atoms with Crippen molar-refractivity contribution in [3.63, 3.8) is 0 Å². The Morgan fingerprint density at radius 3 is 2.53 bits per heavy atom. The Morgan fingerprint density at radius 2 is 2.00 bits per heavy atom. The lowest BCUT2D eigenvalue weighted by atomic mass is 10.1. The topological polar surface area (TPSA) is 52.0 Å². The van der Waals surface area contributed by atoms with Crippen LogP contribution in [0.3, 0.4) is 0 Å². The highest BCUT2D eigenvalue weighted by Crippen LogP contribution is 2.26. The van der Waals surface area contributed by atoms with Gasteiger partial charge in [-0.05, 0) is 12.1 Å². The molecule has 4 heteroatoms. The number of benzene rings is 1. The highest BCUT2D eigenvalue weighted by Gasteiger charge is 2.06. The van der Waals surface area contributed by atoms with Gasteiger partial charge in [0.1, 0.15) is 0 Å². The normalized spacial score (nSPS) is 11.1. The van der Waals surface area contributed by atoms with E-state index in [2.05, 4.69) is 31.1 Å². The standard InChI is InChI=1S/C13H16N2OS/c1-9(2)17-12-5-3-10(4-6-12)13-7-11(8-14)15-16-13/h3-7,9H,8,14H2,1-2H3. The Balaban J connectivity index is 2.17. The van der Waals surface area contributed by atoms with Crippen molar-refractivity contribution in [2.45, 2.75) is 30.5 Å². The summed E-state index contributed by atoms with van der Waals surface area (Å²) in [6.07, 6.45) is 0. The number of rotatable bonds is 4. The molecule has 1 heterocycles. The maximum absolute atomic E-state index is 5.49. The van der Waals surface area contributed by atoms with Crippen LogP contribution in [0.25, 0.3) is 11.3 Å². The monoisotopic (exact) mass is 248 g/mol. The number of thioether (sulfide) groups is 1. The molecular formula is C13H16N2OS. The average Bonchev–Trinajstić information content (AvgIpc) is 2.78. The predicted molar refractivity (Wildman–Crippen MR) is 70.8 cm³/mol. The molecule has 0 saturated carbocycles. The van der Waals surface area contributed by atoms with Gasteiger partial charge in [-0.15, -0.1) is 11.8 Å². The molecule has 0 radical (unpaired) electrons. The number of hydrogen-bond acceptors (Lipinski definition) is 4. The van der Waals surface area contributed by atoms with Gasteiger partial charge in [0, 0.05) is 28.3 Å². The lowest BCUT2D eigenvalue weighted by Crippen LogP contribution is -1.94. The summed E-state index contributed by atoms with van der Waals surface area (Å²) in [5.74, 6) is 0.770. The van der Waals surface area contributed by atoms with Crippen LogP contribution in [0, 0.1) is 0 Å². The summed E-state index contributed by atoms with van der Waals surface area (Å²) in [6, 6.07) is 10.2. The number of aromatic nitrogens is 1. The lowest BCUT2D eigenvalue weighted by molar-refractivity contribution is 0.424. The Morgan fingerprint density at radius 1 is 1.29 bits per heavy atom. The minimum atomic E-state index is 0.408. The second-order valence-corrected chi connectivity index (χ2v) is 5.73. The predicted octanol–water partition coefficient (Wildman–Crippen LogP) is 3.30. The first-order chi connectivity index (χ1) is 8.19. The van der Waals surface area contributed by atoms with E-state index in [9.17, 15) is 0 Å². The van der Waals surface area contributed by atoms with E-state index in [0.29, 0.717) is 11.8 Å². The largest absolute Gasteiger partial charge is 0.356 e. The van der Waals surface area contributed by atoms with Crippen LogP contribution in [-0.4, -0.2) is 10.4 Å². The van der Waals surface area contributed by atoms with E-state index in [0.717, 1.165) is 17.0 Å². The summed E-state index contributed by atoms with van der Waals surface area (Å²) in [6.45, 7) is 4.77. The van der Waals surface area contributed by atoms with E-state index < -0.39 is 0 Å². The molecule has 0 aliphatic carbocycles. The van der Waals surface area contributed by atoms with E-state index >= 15 is 0 Å². The molecular weight excluding hydrogens is 232 g/mol. The van der Waals surface area contributed by atoms with Crippen LogP contribution in [-0.2, 0) is 6.54 Å². The molecule has 1 aromatic heterocycles. The summed E-state index contributed by atoms with van der Waals surface area (Å²) >= 11 is 1.85. The van der Waals surface area contributed by atoms with Gasteiger partial charge in [-0.2, -0.15) is 0 Å². The average molecular weight is 248 g/mol. The molecule has 0 amide bonds. The van der Waals surface area contributed by atoms with E-state index in [1.54, 1.807) is 0 Å². The third-order valence-corrected chi connectivity index (χ3v) is 3.29. The summed E-state index contributed by atoms with van der Waals surface area (Å²) in [7, 11) is 0. The van der Waals surface area contributed by atoms with Gasteiger partial charge in [0.2, 0.25) is 0 Å². The van der Waals surface area contributed by atoms with Crippen LogP contribution < -0.4 is 5.73 Å². The molecule has 0 atom stereocenters. The van der Waals surface area contributed by atoms with Gasteiger partial charge < -0.3 is 10.3 Å². The van der Waals surface area contributed by atoms with Gasteiger partial charge in [0.25, 0.3) is 0 Å². The van der Waals surface area contributed by atoms with Crippen molar-refractivity contribution in [3.05, 3.63) is 36.0 Å². The molecule has 17 heavy (non-hydrogen) atoms. The Bertz CT molecular complexity index is 476. The minimum absolute atomic E-state index is 0.408. The summed E-state index contributed by atoms with van der Waals surface area (Å²) < 4.78 is 5.23. The van der Waals surface area contributed by atoms with Gasteiger partial charge in [-0.25, -0.2) is 0 Å². The first-order valence-corrected chi connectivity index (χ1v) is 6.50. The van der Waals surface area contributed by atoms with Crippen molar-refractivity contribution in [2.24, 2.45) is 5.73 Å². The van der Waals surface area contributed by atoms with E-state index in [1.807, 2.05) is 30.0 Å². The molecule has 0 fully saturated rings. The van der Waals surface area contributed by atoms with Gasteiger partial charge in [0.15, 0.2) is 5.76 Å². The molecule has 2 rings (SSSR count). The van der Waals surface area contributed by atoms with Crippen molar-refractivity contribution in [2.75, 3.05) is 0 Å². The molecule has 2 N–H and O–H groups in total. The molecule has 3 nitrogen and oxygen atoms in total. The fraction of sp³-hybridized carbons (Fsp3) is 0.308. The third kappa shape index (κ3) is 3.11. The second kappa shape index (κ2) is 5.38. The highest BCUT2D eigenvalue weighted by molar-refractivity contribution is 7.99. The SMILES string of the molecule is CC(C)Sc1ccc(-c2cc(CN)no2)cc1. The highest BCUT2D eigenvalue weighted by atomic mass is 32.2. The second-order valence-electron chi connectivity index (χ2n) is 4.08. The summed E-state index contributed by atoms with van der Waals surface area (Å²) in [4.78, 5) is 1.27. The van der Waals surface area contributed by atoms with Gasteiger partial charge in [0.05, 0.1) is 5.69 Å². The fourth-order valence-electron chi connectivity index (χ4n) is 1.51. The zero-order chi connectivity index (χ0) is 12.3. The van der Waals surface area contributed by atoms with Crippen LogP contribution in [0.4, 0.5) is 0 Å². The van der Waals surface area contributed by atoms with Crippen molar-refractivity contribution < 1.29 is 4.52 Å². The Hall–Kier alpha value is -1.26. The molecule has 0 aliphatic heterocycles. The molecule has 0 saturated heterocycles. The van der Waals surface area contributed by atoms with E-state index in [1.165, 1.54) is 4.90 Å². The Kier molecular flexibility index (Phi) is 3.86. The molecule has 0 aliphatic rings. The zero-order valence-corrected chi connectivity index (χ0v) is 10.8. The third-order valence-electron chi connectivity index (χ3n) is 2.28. The van der Waals surface area contributed by atoms with Crippen LogP contribution in [0.15, 0.2) is 39.8 Å². The lowest BCUT2D eigenvalue weighted by Gasteiger charge is -2.04. The van der Waals surface area contributed by atoms with Crippen LogP contribution >= 0.6 is 11.8 Å². The Labute approximate surface area is 105 Å². The zero-order valence-electron chi connectivity index (χ0n) is 10.0. The molecule has 0 unspecified atom stereocenters. The van der Waals surface area contributed by atoms with Crippen molar-refractivity contribution in [3.8, 4) is 11.3 Å². The number of nitrogens with zero attached hydrogens (tertiary/aromatic N) is 1. The van der Waals surface area contributed by atoms with Gasteiger partial charge >= 0.3 is 0 Å². The van der Waals surface area contributed by atoms with Gasteiger partial charge in [-0.3, -0.25) is 0 Å². The maximum Gasteiger partial charge on any atom is 0.167 e. The minimum Gasteiger partial charge on any atom is -0.356 e. The molecule has 0 spiro atoms. The van der Waals surface area contributed by atoms with Crippen molar-refractivity contribution >= 4 is 11.8 Å². The van der Waals surface area contributed by atoms with Crippen LogP contribution in [0.2, 0.25) is 0 Å². The van der Waals surface area contributed by atoms with Crippen LogP contribution in [0.5, 0.6) is 0 Å². The smallest absolute Gasteiger partial charge is 0.167 e. The quantitative estimate of drug-likeness (QED) is 0.843. The van der Waals surface area contributed by atoms with Crippen LogP contribution in [0.1, 0.15) is 19.5 Å². The number of hydrogen-bond donors (Lipinski definition) is 1. The summed E-state index contributed by atoms with van der Waals surface area (Å²) in [5.41, 5.74) is 7.31.